The van der Waals surface area contributed by atoms with E-state index in [0.717, 1.165) is 6.42 Å². The highest BCUT2D eigenvalue weighted by atomic mass is 19.1. The fourth-order valence-electron chi connectivity index (χ4n) is 1.28. The molecule has 0 aliphatic rings. The molecule has 0 amide bonds. The van der Waals surface area contributed by atoms with Gasteiger partial charge in [0.1, 0.15) is 18.2 Å². The number of ether oxygens (including phenoxy) is 1. The lowest BCUT2D eigenvalue weighted by Crippen LogP contribution is -2.11. The van der Waals surface area contributed by atoms with Crippen LogP contribution >= 0.6 is 0 Å². The summed E-state index contributed by atoms with van der Waals surface area (Å²) in [7, 11) is 0. The van der Waals surface area contributed by atoms with E-state index in [4.69, 9.17) is 4.74 Å². The molecular weight excluding hydrogens is 195 g/mol. The Labute approximate surface area is 89.1 Å². The molecule has 0 aliphatic heterocycles. The largest absolute Gasteiger partial charge is 0.486 e. The molecule has 0 heterocycles. The highest BCUT2D eigenvalue weighted by Gasteiger charge is 2.04. The van der Waals surface area contributed by atoms with Gasteiger partial charge in [-0.3, -0.25) is 4.79 Å². The van der Waals surface area contributed by atoms with E-state index in [1.54, 1.807) is 13.0 Å². The molecule has 3 heteroatoms. The number of carbonyl (C=O) groups excluding carboxylic acids is 1. The lowest BCUT2D eigenvalue weighted by molar-refractivity contribution is -0.121. The summed E-state index contributed by atoms with van der Waals surface area (Å²) in [5.74, 6) is 0.349. The van der Waals surface area contributed by atoms with Gasteiger partial charge < -0.3 is 4.74 Å². The molecule has 0 atom stereocenters. The highest BCUT2D eigenvalue weighted by molar-refractivity contribution is 5.79. The maximum absolute atomic E-state index is 12.7. The van der Waals surface area contributed by atoms with Crippen molar-refractivity contribution in [1.29, 1.82) is 0 Å². The average molecular weight is 210 g/mol. The maximum Gasteiger partial charge on any atom is 0.170 e. The van der Waals surface area contributed by atoms with E-state index in [2.05, 4.69) is 0 Å². The predicted octanol–water partition coefficient (Wildman–Crippen LogP) is 2.88. The third-order valence-corrected chi connectivity index (χ3v) is 2.05. The molecule has 0 fully saturated rings. The second kappa shape index (κ2) is 5.49. The molecular formula is C12H15FO2. The molecule has 0 bridgehead atoms. The van der Waals surface area contributed by atoms with Crippen LogP contribution in [0, 0.1) is 12.7 Å². The number of benzene rings is 1. The van der Waals surface area contributed by atoms with E-state index >= 15 is 0 Å². The molecule has 0 saturated heterocycles. The van der Waals surface area contributed by atoms with Gasteiger partial charge in [-0.1, -0.05) is 6.92 Å². The van der Waals surface area contributed by atoms with Crippen LogP contribution in [0.5, 0.6) is 5.75 Å². The van der Waals surface area contributed by atoms with Crippen LogP contribution in [0.4, 0.5) is 4.39 Å². The summed E-state index contributed by atoms with van der Waals surface area (Å²) in [6.07, 6.45) is 1.35. The normalized spacial score (nSPS) is 10.1. The lowest BCUT2D eigenvalue weighted by atomic mass is 10.2. The number of ketones is 1. The summed E-state index contributed by atoms with van der Waals surface area (Å²) in [6.45, 7) is 3.77. The van der Waals surface area contributed by atoms with Crippen LogP contribution < -0.4 is 4.74 Å². The maximum atomic E-state index is 12.7. The lowest BCUT2D eigenvalue weighted by Gasteiger charge is -2.07. The molecule has 15 heavy (non-hydrogen) atoms. The van der Waals surface area contributed by atoms with Gasteiger partial charge >= 0.3 is 0 Å². The Kier molecular flexibility index (Phi) is 4.28. The first-order valence-corrected chi connectivity index (χ1v) is 5.04. The monoisotopic (exact) mass is 210 g/mol. The van der Waals surface area contributed by atoms with Crippen LogP contribution in [0.3, 0.4) is 0 Å². The van der Waals surface area contributed by atoms with Gasteiger partial charge in [0, 0.05) is 6.42 Å². The van der Waals surface area contributed by atoms with Crippen LogP contribution in [0.25, 0.3) is 0 Å². The average Bonchev–Trinajstić information content (AvgIpc) is 2.17. The van der Waals surface area contributed by atoms with Crippen LogP contribution in [0.2, 0.25) is 0 Å². The van der Waals surface area contributed by atoms with Gasteiger partial charge in [-0.15, -0.1) is 0 Å². The molecule has 0 aliphatic carbocycles. The number of hydrogen-bond donors (Lipinski definition) is 0. The molecule has 0 spiro atoms. The number of hydrogen-bond acceptors (Lipinski definition) is 2. The second-order valence-corrected chi connectivity index (χ2v) is 3.49. The summed E-state index contributed by atoms with van der Waals surface area (Å²) < 4.78 is 18.0. The van der Waals surface area contributed by atoms with Gasteiger partial charge in [0.15, 0.2) is 5.78 Å². The Morgan fingerprint density at radius 3 is 2.80 bits per heavy atom. The molecule has 0 unspecified atom stereocenters. The van der Waals surface area contributed by atoms with Crippen molar-refractivity contribution in [2.45, 2.75) is 26.7 Å². The minimum atomic E-state index is -0.292. The van der Waals surface area contributed by atoms with Gasteiger partial charge in [0.25, 0.3) is 0 Å². The van der Waals surface area contributed by atoms with Crippen LogP contribution in [0.1, 0.15) is 25.3 Å². The minimum Gasteiger partial charge on any atom is -0.486 e. The zero-order valence-corrected chi connectivity index (χ0v) is 9.05. The smallest absolute Gasteiger partial charge is 0.170 e. The summed E-state index contributed by atoms with van der Waals surface area (Å²) in [5.41, 5.74) is 0.708. The van der Waals surface area contributed by atoms with Crippen molar-refractivity contribution in [1.82, 2.24) is 0 Å². The van der Waals surface area contributed by atoms with Crippen molar-refractivity contribution in [2.24, 2.45) is 0 Å². The third kappa shape index (κ3) is 3.70. The number of carbonyl (C=O) groups is 1. The molecule has 2 nitrogen and oxygen atoms in total. The molecule has 1 aromatic carbocycles. The first-order chi connectivity index (χ1) is 7.13. The van der Waals surface area contributed by atoms with E-state index in [1.165, 1.54) is 12.1 Å². The third-order valence-electron chi connectivity index (χ3n) is 2.05. The minimum absolute atomic E-state index is 0.0698. The van der Waals surface area contributed by atoms with Crippen molar-refractivity contribution < 1.29 is 13.9 Å². The van der Waals surface area contributed by atoms with Gasteiger partial charge in [0.2, 0.25) is 0 Å². The Morgan fingerprint density at radius 2 is 2.20 bits per heavy atom. The second-order valence-electron chi connectivity index (χ2n) is 3.49. The Balaban J connectivity index is 2.54. The standard InChI is InChI=1S/C12H15FO2/c1-3-4-11(14)8-15-12-6-5-10(13)7-9(12)2/h5-7H,3-4,8H2,1-2H3. The summed E-state index contributed by atoms with van der Waals surface area (Å²) >= 11 is 0. The quantitative estimate of drug-likeness (QED) is 0.747. The van der Waals surface area contributed by atoms with E-state index in [9.17, 15) is 9.18 Å². The van der Waals surface area contributed by atoms with Crippen molar-refractivity contribution in [3.63, 3.8) is 0 Å². The van der Waals surface area contributed by atoms with E-state index in [0.29, 0.717) is 17.7 Å². The molecule has 82 valence electrons. The first-order valence-electron chi connectivity index (χ1n) is 5.04. The fourth-order valence-corrected chi connectivity index (χ4v) is 1.28. The van der Waals surface area contributed by atoms with Crippen molar-refractivity contribution in [3.05, 3.63) is 29.6 Å². The Bertz CT molecular complexity index is 347. The fraction of sp³-hybridized carbons (Fsp3) is 0.417. The van der Waals surface area contributed by atoms with E-state index in [-0.39, 0.29) is 18.2 Å². The van der Waals surface area contributed by atoms with Gasteiger partial charge in [-0.25, -0.2) is 4.39 Å². The SMILES string of the molecule is CCCC(=O)COc1ccc(F)cc1C. The van der Waals surface area contributed by atoms with Gasteiger partial charge in [-0.05, 0) is 37.1 Å². The topological polar surface area (TPSA) is 26.3 Å². The summed E-state index contributed by atoms with van der Waals surface area (Å²) in [5, 5.41) is 0. The van der Waals surface area contributed by atoms with E-state index in [1.807, 2.05) is 6.92 Å². The van der Waals surface area contributed by atoms with Crippen molar-refractivity contribution in [2.75, 3.05) is 6.61 Å². The van der Waals surface area contributed by atoms with Crippen molar-refractivity contribution in [3.8, 4) is 5.75 Å². The number of aryl methyl sites for hydroxylation is 1. The van der Waals surface area contributed by atoms with Crippen LogP contribution in [-0.2, 0) is 4.79 Å². The number of Topliss-reactive ketones (excluding diaryl/α,β-unsaturated/α-hetero) is 1. The molecule has 1 aromatic rings. The molecule has 0 saturated carbocycles. The molecule has 0 N–H and O–H groups in total. The number of rotatable bonds is 5. The van der Waals surface area contributed by atoms with Gasteiger partial charge in [-0.2, -0.15) is 0 Å². The number of halogens is 1. The van der Waals surface area contributed by atoms with Crippen LogP contribution in [-0.4, -0.2) is 12.4 Å². The molecule has 0 radical (unpaired) electrons. The molecule has 1 rings (SSSR count). The zero-order chi connectivity index (χ0) is 11.3. The van der Waals surface area contributed by atoms with Gasteiger partial charge in [0.05, 0.1) is 0 Å². The van der Waals surface area contributed by atoms with Crippen molar-refractivity contribution >= 4 is 5.78 Å². The first kappa shape index (κ1) is 11.7. The summed E-state index contributed by atoms with van der Waals surface area (Å²) in [6, 6.07) is 4.26. The summed E-state index contributed by atoms with van der Waals surface area (Å²) in [4.78, 5) is 11.2. The zero-order valence-electron chi connectivity index (χ0n) is 9.05. The Morgan fingerprint density at radius 1 is 1.47 bits per heavy atom. The Hall–Kier alpha value is -1.38. The van der Waals surface area contributed by atoms with E-state index < -0.39 is 0 Å². The predicted molar refractivity (Wildman–Crippen MR) is 56.5 cm³/mol. The molecule has 0 aromatic heterocycles. The highest BCUT2D eigenvalue weighted by Crippen LogP contribution is 2.18. The van der Waals surface area contributed by atoms with Crippen LogP contribution in [0.15, 0.2) is 18.2 Å².